The number of anilines is 1. The Hall–Kier alpha value is -2.60. The zero-order valence-electron chi connectivity index (χ0n) is 13.7. The molecule has 0 aliphatic rings. The highest BCUT2D eigenvalue weighted by Gasteiger charge is 2.20. The van der Waals surface area contributed by atoms with Crippen LogP contribution in [0.15, 0.2) is 54.2 Å². The average Bonchev–Trinajstić information content (AvgIpc) is 3.31. The lowest BCUT2D eigenvalue weighted by Crippen LogP contribution is -2.29. The highest BCUT2D eigenvalue weighted by molar-refractivity contribution is 7.09. The molecule has 0 atom stereocenters. The Balaban J connectivity index is 1.92. The van der Waals surface area contributed by atoms with Gasteiger partial charge in [-0.15, -0.1) is 11.3 Å². The van der Waals surface area contributed by atoms with Gasteiger partial charge in [-0.1, -0.05) is 6.07 Å². The van der Waals surface area contributed by atoms with Crippen molar-refractivity contribution in [3.8, 4) is 5.75 Å². The number of thiophene rings is 1. The maximum absolute atomic E-state index is 13.0. The first-order valence-corrected chi connectivity index (χ1v) is 8.60. The standard InChI is InChI=1S/C18H19N3O2S/c1-3-20-12-14(11-19-20)18(22)21(13-17-5-4-10-24-17)15-6-8-16(23-2)9-7-15/h4-12H,3,13H2,1-2H3. The van der Waals surface area contributed by atoms with E-state index in [9.17, 15) is 4.79 Å². The van der Waals surface area contributed by atoms with Crippen molar-refractivity contribution >= 4 is 22.9 Å². The molecule has 0 radical (unpaired) electrons. The summed E-state index contributed by atoms with van der Waals surface area (Å²) in [6.07, 6.45) is 3.41. The van der Waals surface area contributed by atoms with Gasteiger partial charge in [0.25, 0.3) is 5.91 Å². The Morgan fingerprint density at radius 3 is 2.67 bits per heavy atom. The van der Waals surface area contributed by atoms with E-state index in [1.165, 1.54) is 0 Å². The molecule has 124 valence electrons. The van der Waals surface area contributed by atoms with Crippen molar-refractivity contribution in [1.82, 2.24) is 9.78 Å². The molecule has 6 heteroatoms. The fourth-order valence-corrected chi connectivity index (χ4v) is 3.10. The van der Waals surface area contributed by atoms with E-state index in [1.54, 1.807) is 40.4 Å². The van der Waals surface area contributed by atoms with Crippen LogP contribution in [0.5, 0.6) is 5.75 Å². The minimum Gasteiger partial charge on any atom is -0.497 e. The molecule has 3 aromatic rings. The summed E-state index contributed by atoms with van der Waals surface area (Å²) in [6, 6.07) is 11.5. The molecule has 2 heterocycles. The molecule has 0 N–H and O–H groups in total. The summed E-state index contributed by atoms with van der Waals surface area (Å²) in [5.74, 6) is 0.703. The number of nitrogens with zero attached hydrogens (tertiary/aromatic N) is 3. The second kappa shape index (κ2) is 7.31. The number of amides is 1. The van der Waals surface area contributed by atoms with E-state index in [0.717, 1.165) is 22.9 Å². The Labute approximate surface area is 145 Å². The summed E-state index contributed by atoms with van der Waals surface area (Å²) in [4.78, 5) is 15.9. The van der Waals surface area contributed by atoms with Crippen LogP contribution in [0.1, 0.15) is 22.2 Å². The minimum absolute atomic E-state index is 0.0618. The number of ether oxygens (including phenoxy) is 1. The summed E-state index contributed by atoms with van der Waals surface area (Å²) in [5, 5.41) is 6.22. The largest absolute Gasteiger partial charge is 0.497 e. The zero-order chi connectivity index (χ0) is 16.9. The maximum atomic E-state index is 13.0. The van der Waals surface area contributed by atoms with E-state index >= 15 is 0 Å². The fourth-order valence-electron chi connectivity index (χ4n) is 2.40. The lowest BCUT2D eigenvalue weighted by Gasteiger charge is -2.22. The van der Waals surface area contributed by atoms with Crippen LogP contribution >= 0.6 is 11.3 Å². The van der Waals surface area contributed by atoms with Crippen LogP contribution in [0.25, 0.3) is 0 Å². The Morgan fingerprint density at radius 2 is 2.08 bits per heavy atom. The molecule has 24 heavy (non-hydrogen) atoms. The van der Waals surface area contributed by atoms with Gasteiger partial charge in [0.15, 0.2) is 0 Å². The molecular formula is C18H19N3O2S. The zero-order valence-corrected chi connectivity index (χ0v) is 14.5. The molecule has 0 unspecified atom stereocenters. The van der Waals surface area contributed by atoms with Gasteiger partial charge in [-0.05, 0) is 42.6 Å². The highest BCUT2D eigenvalue weighted by atomic mass is 32.1. The monoisotopic (exact) mass is 341 g/mol. The van der Waals surface area contributed by atoms with Gasteiger partial charge in [-0.25, -0.2) is 0 Å². The van der Waals surface area contributed by atoms with Gasteiger partial charge in [0.2, 0.25) is 0 Å². The van der Waals surface area contributed by atoms with Crippen LogP contribution in [0.3, 0.4) is 0 Å². The molecule has 2 aromatic heterocycles. The smallest absolute Gasteiger partial charge is 0.261 e. The molecule has 5 nitrogen and oxygen atoms in total. The van der Waals surface area contributed by atoms with Gasteiger partial charge in [0.05, 0.1) is 25.4 Å². The first-order valence-electron chi connectivity index (χ1n) is 7.72. The SMILES string of the molecule is CCn1cc(C(=O)N(Cc2cccs2)c2ccc(OC)cc2)cn1. The molecule has 0 saturated heterocycles. The Bertz CT molecular complexity index is 794. The van der Waals surface area contributed by atoms with Crippen molar-refractivity contribution < 1.29 is 9.53 Å². The number of hydrogen-bond acceptors (Lipinski definition) is 4. The third kappa shape index (κ3) is 3.49. The third-order valence-electron chi connectivity index (χ3n) is 3.73. The van der Waals surface area contributed by atoms with E-state index in [2.05, 4.69) is 5.10 Å². The van der Waals surface area contributed by atoms with Crippen LogP contribution in [-0.2, 0) is 13.1 Å². The van der Waals surface area contributed by atoms with Crippen molar-refractivity contribution in [2.45, 2.75) is 20.0 Å². The fraction of sp³-hybridized carbons (Fsp3) is 0.222. The molecule has 0 bridgehead atoms. The van der Waals surface area contributed by atoms with Crippen LogP contribution in [0.2, 0.25) is 0 Å². The normalized spacial score (nSPS) is 10.6. The Kier molecular flexibility index (Phi) is 4.96. The van der Waals surface area contributed by atoms with E-state index in [-0.39, 0.29) is 5.91 Å². The van der Waals surface area contributed by atoms with Crippen molar-refractivity contribution in [2.24, 2.45) is 0 Å². The van der Waals surface area contributed by atoms with Crippen molar-refractivity contribution in [3.05, 3.63) is 64.6 Å². The molecule has 0 aliphatic heterocycles. The lowest BCUT2D eigenvalue weighted by molar-refractivity contribution is 0.0985. The summed E-state index contributed by atoms with van der Waals surface area (Å²) in [6.45, 7) is 3.26. The van der Waals surface area contributed by atoms with E-state index in [1.807, 2.05) is 48.7 Å². The maximum Gasteiger partial charge on any atom is 0.261 e. The molecule has 1 amide bonds. The highest BCUT2D eigenvalue weighted by Crippen LogP contribution is 2.24. The van der Waals surface area contributed by atoms with Crippen LogP contribution in [-0.4, -0.2) is 22.8 Å². The molecule has 3 rings (SSSR count). The number of carbonyl (C=O) groups is 1. The van der Waals surface area contributed by atoms with Gasteiger partial charge in [0, 0.05) is 23.3 Å². The third-order valence-corrected chi connectivity index (χ3v) is 4.59. The number of aromatic nitrogens is 2. The molecular weight excluding hydrogens is 322 g/mol. The topological polar surface area (TPSA) is 47.4 Å². The van der Waals surface area contributed by atoms with Crippen LogP contribution in [0.4, 0.5) is 5.69 Å². The van der Waals surface area contributed by atoms with Gasteiger partial charge < -0.3 is 9.64 Å². The van der Waals surface area contributed by atoms with Crippen molar-refractivity contribution in [1.29, 1.82) is 0 Å². The van der Waals surface area contributed by atoms with E-state index < -0.39 is 0 Å². The average molecular weight is 341 g/mol. The molecule has 1 aromatic carbocycles. The van der Waals surface area contributed by atoms with Gasteiger partial charge in [0.1, 0.15) is 5.75 Å². The number of benzene rings is 1. The number of methoxy groups -OCH3 is 1. The minimum atomic E-state index is -0.0618. The summed E-state index contributed by atoms with van der Waals surface area (Å²) >= 11 is 1.64. The number of aryl methyl sites for hydroxylation is 1. The van der Waals surface area contributed by atoms with Gasteiger partial charge >= 0.3 is 0 Å². The predicted molar refractivity (Wildman–Crippen MR) is 95.7 cm³/mol. The molecule has 0 aliphatic carbocycles. The summed E-state index contributed by atoms with van der Waals surface area (Å²) in [7, 11) is 1.63. The van der Waals surface area contributed by atoms with Crippen molar-refractivity contribution in [3.63, 3.8) is 0 Å². The summed E-state index contributed by atoms with van der Waals surface area (Å²) < 4.78 is 6.96. The molecule has 0 fully saturated rings. The number of carbonyl (C=O) groups excluding carboxylic acids is 1. The van der Waals surface area contributed by atoms with E-state index in [4.69, 9.17) is 4.74 Å². The first-order chi connectivity index (χ1) is 11.7. The summed E-state index contributed by atoms with van der Waals surface area (Å²) in [5.41, 5.74) is 1.42. The van der Waals surface area contributed by atoms with Gasteiger partial charge in [-0.3, -0.25) is 9.48 Å². The number of hydrogen-bond donors (Lipinski definition) is 0. The van der Waals surface area contributed by atoms with Crippen LogP contribution in [0, 0.1) is 0 Å². The predicted octanol–water partition coefficient (Wildman–Crippen LogP) is 3.82. The Morgan fingerprint density at radius 1 is 1.29 bits per heavy atom. The molecule has 0 spiro atoms. The van der Waals surface area contributed by atoms with E-state index in [0.29, 0.717) is 12.1 Å². The second-order valence-electron chi connectivity index (χ2n) is 5.25. The molecule has 0 saturated carbocycles. The first kappa shape index (κ1) is 16.3. The van der Waals surface area contributed by atoms with Crippen molar-refractivity contribution in [2.75, 3.05) is 12.0 Å². The van der Waals surface area contributed by atoms with Gasteiger partial charge in [-0.2, -0.15) is 5.10 Å². The quantitative estimate of drug-likeness (QED) is 0.685. The second-order valence-corrected chi connectivity index (χ2v) is 6.29. The lowest BCUT2D eigenvalue weighted by atomic mass is 10.2. The van der Waals surface area contributed by atoms with Crippen LogP contribution < -0.4 is 9.64 Å². The number of rotatable bonds is 6.